The number of aromatic nitrogens is 1. The minimum Gasteiger partial charge on any atom is -0.461 e. The Labute approximate surface area is 121 Å². The summed E-state index contributed by atoms with van der Waals surface area (Å²) in [6.07, 6.45) is -1.68. The van der Waals surface area contributed by atoms with E-state index < -0.39 is 12.0 Å². The van der Waals surface area contributed by atoms with Crippen LogP contribution in [0, 0.1) is 6.92 Å². The first-order chi connectivity index (χ1) is 9.12. The van der Waals surface area contributed by atoms with Gasteiger partial charge in [-0.3, -0.25) is 0 Å². The van der Waals surface area contributed by atoms with Crippen molar-refractivity contribution in [2.75, 3.05) is 6.61 Å². The average molecular weight is 303 g/mol. The normalized spacial score (nSPS) is 11.3. The van der Waals surface area contributed by atoms with Gasteiger partial charge in [-0.15, -0.1) is 11.3 Å². The van der Waals surface area contributed by atoms with E-state index in [0.717, 1.165) is 5.01 Å². The third-order valence-electron chi connectivity index (χ3n) is 2.66. The number of carbonyl (C=O) groups excluding carboxylic acids is 1. The molecule has 0 aliphatic heterocycles. The summed E-state index contributed by atoms with van der Waals surface area (Å²) in [7, 11) is 0. The standard InChI is InChI=1S/C14H19F2NO2S/c1-8(11(15)16)6-7-19-12(18)10-9(2)17-13(20-10)14(3,4)5/h6-7H2,1-5H3. The van der Waals surface area contributed by atoms with Crippen LogP contribution >= 0.6 is 11.3 Å². The maximum absolute atomic E-state index is 12.2. The van der Waals surface area contributed by atoms with Crippen LogP contribution in [0.4, 0.5) is 8.78 Å². The lowest BCUT2D eigenvalue weighted by molar-refractivity contribution is 0.0512. The van der Waals surface area contributed by atoms with Crippen LogP contribution in [0.3, 0.4) is 0 Å². The number of nitrogens with zero attached hydrogens (tertiary/aromatic N) is 1. The summed E-state index contributed by atoms with van der Waals surface area (Å²) < 4.78 is 29.4. The van der Waals surface area contributed by atoms with Gasteiger partial charge in [-0.25, -0.2) is 9.78 Å². The summed E-state index contributed by atoms with van der Waals surface area (Å²) in [5.74, 6) is -0.498. The molecule has 0 radical (unpaired) electrons. The van der Waals surface area contributed by atoms with E-state index in [0.29, 0.717) is 10.6 Å². The molecule has 3 nitrogen and oxygen atoms in total. The molecule has 0 aliphatic rings. The summed E-state index contributed by atoms with van der Waals surface area (Å²) in [5, 5.41) is 0.854. The Kier molecular flexibility index (Phi) is 5.39. The number of thiazole rings is 1. The molecule has 6 heteroatoms. The van der Waals surface area contributed by atoms with Crippen molar-refractivity contribution in [3.05, 3.63) is 27.2 Å². The van der Waals surface area contributed by atoms with Gasteiger partial charge in [0.15, 0.2) is 0 Å². The first-order valence-electron chi connectivity index (χ1n) is 6.28. The Morgan fingerprint density at radius 2 is 1.95 bits per heavy atom. The van der Waals surface area contributed by atoms with E-state index in [1.54, 1.807) is 6.92 Å². The third-order valence-corrected chi connectivity index (χ3v) is 4.22. The summed E-state index contributed by atoms with van der Waals surface area (Å²) in [4.78, 5) is 16.7. The molecule has 1 aromatic rings. The molecule has 0 amide bonds. The predicted octanol–water partition coefficient (Wildman–Crippen LogP) is 4.47. The number of esters is 1. The van der Waals surface area contributed by atoms with Crippen LogP contribution in [0.2, 0.25) is 0 Å². The van der Waals surface area contributed by atoms with Gasteiger partial charge in [0.2, 0.25) is 0 Å². The van der Waals surface area contributed by atoms with Crippen LogP contribution in [0.15, 0.2) is 11.7 Å². The minimum absolute atomic E-state index is 0.0397. The molecule has 0 bridgehead atoms. The van der Waals surface area contributed by atoms with Gasteiger partial charge >= 0.3 is 5.97 Å². The van der Waals surface area contributed by atoms with Gasteiger partial charge < -0.3 is 4.74 Å². The van der Waals surface area contributed by atoms with Gasteiger partial charge in [-0.05, 0) is 19.4 Å². The molecule has 0 fully saturated rings. The molecule has 0 saturated heterocycles. The first-order valence-corrected chi connectivity index (χ1v) is 7.10. The Balaban J connectivity index is 2.70. The fourth-order valence-corrected chi connectivity index (χ4v) is 2.38. The molecular weight excluding hydrogens is 284 g/mol. The molecule has 0 aliphatic carbocycles. The first kappa shape index (κ1) is 16.8. The zero-order chi connectivity index (χ0) is 15.5. The van der Waals surface area contributed by atoms with Crippen molar-refractivity contribution in [1.29, 1.82) is 0 Å². The second kappa shape index (κ2) is 6.43. The Morgan fingerprint density at radius 1 is 1.35 bits per heavy atom. The topological polar surface area (TPSA) is 39.2 Å². The summed E-state index contributed by atoms with van der Waals surface area (Å²) >= 11 is 1.29. The van der Waals surface area contributed by atoms with Gasteiger partial charge in [0.05, 0.1) is 17.3 Å². The summed E-state index contributed by atoms with van der Waals surface area (Å²) in [6, 6.07) is 0. The molecule has 1 rings (SSSR count). The highest BCUT2D eigenvalue weighted by Gasteiger charge is 2.23. The molecule has 20 heavy (non-hydrogen) atoms. The number of ether oxygens (including phenoxy) is 1. The maximum Gasteiger partial charge on any atom is 0.350 e. The highest BCUT2D eigenvalue weighted by atomic mass is 32.1. The molecule has 0 N–H and O–H groups in total. The van der Waals surface area contributed by atoms with Gasteiger partial charge in [-0.2, -0.15) is 8.78 Å². The van der Waals surface area contributed by atoms with Gasteiger partial charge in [0.25, 0.3) is 6.08 Å². The highest BCUT2D eigenvalue weighted by molar-refractivity contribution is 7.13. The lowest BCUT2D eigenvalue weighted by Crippen LogP contribution is -2.10. The van der Waals surface area contributed by atoms with Crippen LogP contribution in [0.25, 0.3) is 0 Å². The summed E-state index contributed by atoms with van der Waals surface area (Å²) in [6.45, 7) is 9.05. The Bertz CT molecular complexity index is 526. The molecule has 1 aromatic heterocycles. The largest absolute Gasteiger partial charge is 0.461 e. The Morgan fingerprint density at radius 3 is 2.40 bits per heavy atom. The quantitative estimate of drug-likeness (QED) is 0.771. The van der Waals surface area contributed by atoms with Crippen LogP contribution in [-0.4, -0.2) is 17.6 Å². The smallest absolute Gasteiger partial charge is 0.350 e. The predicted molar refractivity (Wildman–Crippen MR) is 75.4 cm³/mol. The lowest BCUT2D eigenvalue weighted by atomic mass is 9.98. The van der Waals surface area contributed by atoms with Gasteiger partial charge in [-0.1, -0.05) is 20.8 Å². The van der Waals surface area contributed by atoms with Gasteiger partial charge in [0, 0.05) is 11.8 Å². The molecular formula is C14H19F2NO2S. The van der Waals surface area contributed by atoms with Crippen LogP contribution in [-0.2, 0) is 10.2 Å². The van der Waals surface area contributed by atoms with Crippen molar-refractivity contribution in [2.45, 2.75) is 46.5 Å². The molecule has 0 unspecified atom stereocenters. The van der Waals surface area contributed by atoms with E-state index in [-0.39, 0.29) is 24.0 Å². The van der Waals surface area contributed by atoms with Crippen LogP contribution in [0.1, 0.15) is 54.5 Å². The zero-order valence-corrected chi connectivity index (χ0v) is 13.2. The fraction of sp³-hybridized carbons (Fsp3) is 0.571. The monoisotopic (exact) mass is 303 g/mol. The number of hydrogen-bond acceptors (Lipinski definition) is 4. The second-order valence-electron chi connectivity index (χ2n) is 5.61. The van der Waals surface area contributed by atoms with Crippen LogP contribution < -0.4 is 0 Å². The fourth-order valence-electron chi connectivity index (χ4n) is 1.36. The van der Waals surface area contributed by atoms with Crippen molar-refractivity contribution in [3.8, 4) is 0 Å². The van der Waals surface area contributed by atoms with Crippen molar-refractivity contribution in [3.63, 3.8) is 0 Å². The van der Waals surface area contributed by atoms with Crippen LogP contribution in [0.5, 0.6) is 0 Å². The van der Waals surface area contributed by atoms with E-state index in [1.807, 2.05) is 20.8 Å². The Hall–Kier alpha value is -1.30. The molecule has 112 valence electrons. The average Bonchev–Trinajstić information content (AvgIpc) is 2.70. The van der Waals surface area contributed by atoms with Crippen molar-refractivity contribution >= 4 is 17.3 Å². The second-order valence-corrected chi connectivity index (χ2v) is 6.61. The van der Waals surface area contributed by atoms with Gasteiger partial charge in [0.1, 0.15) is 4.88 Å². The molecule has 0 atom stereocenters. The molecule has 0 saturated carbocycles. The van der Waals surface area contributed by atoms with E-state index in [2.05, 4.69) is 4.98 Å². The molecule has 0 spiro atoms. The third kappa shape index (κ3) is 4.37. The van der Waals surface area contributed by atoms with Crippen molar-refractivity contribution in [1.82, 2.24) is 4.98 Å². The molecule has 1 heterocycles. The van der Waals surface area contributed by atoms with E-state index in [9.17, 15) is 13.6 Å². The van der Waals surface area contributed by atoms with E-state index in [4.69, 9.17) is 4.74 Å². The summed E-state index contributed by atoms with van der Waals surface area (Å²) in [5.41, 5.74) is 0.424. The number of halogens is 2. The number of carbonyl (C=O) groups is 1. The molecule has 0 aromatic carbocycles. The van der Waals surface area contributed by atoms with E-state index >= 15 is 0 Å². The number of rotatable bonds is 4. The lowest BCUT2D eigenvalue weighted by Gasteiger charge is -2.13. The van der Waals surface area contributed by atoms with Crippen molar-refractivity contribution in [2.24, 2.45) is 0 Å². The maximum atomic E-state index is 12.2. The number of hydrogen-bond donors (Lipinski definition) is 0. The SMILES string of the molecule is CC(CCOC(=O)c1sc(C(C)(C)C)nc1C)=C(F)F. The van der Waals surface area contributed by atoms with E-state index in [1.165, 1.54) is 18.3 Å². The highest BCUT2D eigenvalue weighted by Crippen LogP contribution is 2.29. The minimum atomic E-state index is -1.72. The zero-order valence-electron chi connectivity index (χ0n) is 12.3. The number of aryl methyl sites for hydroxylation is 1. The van der Waals surface area contributed by atoms with Crippen molar-refractivity contribution < 1.29 is 18.3 Å².